The normalized spacial score (nSPS) is 10.6. The highest BCUT2D eigenvalue weighted by Crippen LogP contribution is 2.23. The Bertz CT molecular complexity index is 1030. The fourth-order valence-electron chi connectivity index (χ4n) is 2.83. The molecule has 0 spiro atoms. The molecule has 4 heteroatoms. The Morgan fingerprint density at radius 3 is 2.20 bits per heavy atom. The predicted molar refractivity (Wildman–Crippen MR) is 97.5 cm³/mol. The van der Waals surface area contributed by atoms with Crippen LogP contribution in [0.25, 0.3) is 22.0 Å². The molecule has 1 heterocycles. The van der Waals surface area contributed by atoms with Crippen molar-refractivity contribution in [3.05, 3.63) is 96.7 Å². The first kappa shape index (κ1) is 15.0. The second kappa shape index (κ2) is 6.53. The van der Waals surface area contributed by atoms with Gasteiger partial charge in [-0.2, -0.15) is 0 Å². The smallest absolute Gasteiger partial charge is 0.263 e. The number of hydrogen-bond acceptors (Lipinski definition) is 2. The number of hydrogen-bond donors (Lipinski definition) is 1. The second-order valence-electron chi connectivity index (χ2n) is 5.67. The van der Waals surface area contributed by atoms with Crippen molar-refractivity contribution in [3.8, 4) is 11.3 Å². The molecule has 1 aromatic heterocycles. The number of rotatable bonds is 3. The van der Waals surface area contributed by atoms with E-state index < -0.39 is 0 Å². The average molecular weight is 326 g/mol. The van der Waals surface area contributed by atoms with Gasteiger partial charge in [0.05, 0.1) is 10.9 Å². The van der Waals surface area contributed by atoms with Crippen LogP contribution in [-0.4, -0.2) is 11.0 Å². The van der Waals surface area contributed by atoms with E-state index in [2.05, 4.69) is 10.5 Å². The molecule has 1 amide bonds. The number of fused-ring (bicyclic) bond motifs is 1. The largest absolute Gasteiger partial charge is 0.307 e. The molecule has 0 unspecified atom stereocenters. The molecule has 0 saturated heterocycles. The van der Waals surface area contributed by atoms with E-state index in [0.29, 0.717) is 5.56 Å². The molecule has 25 heavy (non-hydrogen) atoms. The zero-order valence-corrected chi connectivity index (χ0v) is 13.5. The Morgan fingerprint density at radius 2 is 1.44 bits per heavy atom. The van der Waals surface area contributed by atoms with Crippen LogP contribution in [0.3, 0.4) is 0 Å². The van der Waals surface area contributed by atoms with Crippen LogP contribution in [0.2, 0.25) is 0 Å². The molecule has 4 rings (SSSR count). The topological polar surface area (TPSA) is 45.9 Å². The van der Waals surface area contributed by atoms with Crippen molar-refractivity contribution in [1.29, 1.82) is 0 Å². The lowest BCUT2D eigenvalue weighted by Gasteiger charge is -2.06. The standard InChI is InChI=1S/C21H15N3O/c25-21(17-11-5-2-6-12-17)23-24-20(16-9-3-1-4-10-16)19-14-8-7-13-18(19)15-22-24/h1-15H/p+1. The van der Waals surface area contributed by atoms with Crippen molar-refractivity contribution >= 4 is 16.7 Å². The van der Waals surface area contributed by atoms with Crippen LogP contribution in [0.15, 0.2) is 91.1 Å². The number of benzene rings is 3. The van der Waals surface area contributed by atoms with E-state index in [0.717, 1.165) is 22.0 Å². The molecule has 0 fully saturated rings. The minimum absolute atomic E-state index is 0.203. The molecule has 0 aliphatic rings. The van der Waals surface area contributed by atoms with E-state index in [4.69, 9.17) is 0 Å². The van der Waals surface area contributed by atoms with Crippen LogP contribution >= 0.6 is 0 Å². The number of nitrogens with one attached hydrogen (secondary N) is 1. The van der Waals surface area contributed by atoms with Crippen molar-refractivity contribution in [1.82, 2.24) is 5.10 Å². The van der Waals surface area contributed by atoms with Gasteiger partial charge in [-0.05, 0) is 30.3 Å². The summed E-state index contributed by atoms with van der Waals surface area (Å²) in [5, 5.41) is 6.48. The van der Waals surface area contributed by atoms with E-state index >= 15 is 0 Å². The lowest BCUT2D eigenvalue weighted by molar-refractivity contribution is -0.690. The van der Waals surface area contributed by atoms with Crippen LogP contribution in [0.4, 0.5) is 0 Å². The van der Waals surface area contributed by atoms with Gasteiger partial charge in [-0.15, -0.1) is 0 Å². The number of amides is 1. The molecule has 1 N–H and O–H groups in total. The Hall–Kier alpha value is -3.53. The zero-order valence-electron chi connectivity index (χ0n) is 13.5. The van der Waals surface area contributed by atoms with E-state index in [1.54, 1.807) is 23.1 Å². The van der Waals surface area contributed by atoms with Crippen LogP contribution in [0.1, 0.15) is 10.4 Å². The van der Waals surface area contributed by atoms with Crippen molar-refractivity contribution in [2.75, 3.05) is 5.43 Å². The van der Waals surface area contributed by atoms with E-state index in [9.17, 15) is 4.79 Å². The molecule has 0 saturated carbocycles. The third kappa shape index (κ3) is 2.97. The van der Waals surface area contributed by atoms with Crippen molar-refractivity contribution < 1.29 is 9.59 Å². The Balaban J connectivity index is 1.85. The first-order valence-corrected chi connectivity index (χ1v) is 8.05. The summed E-state index contributed by atoms with van der Waals surface area (Å²) in [6, 6.07) is 27.1. The van der Waals surface area contributed by atoms with Gasteiger partial charge in [0, 0.05) is 20.8 Å². The molecule has 0 aliphatic heterocycles. The number of nitrogens with zero attached hydrogens (tertiary/aromatic N) is 2. The monoisotopic (exact) mass is 326 g/mol. The molecule has 0 radical (unpaired) electrons. The molecule has 120 valence electrons. The SMILES string of the molecule is O=C(N[n+]1ncc2ccccc2c1-c1ccccc1)c1ccccc1. The number of carbonyl (C=O) groups excluding carboxylic acids is 1. The number of aromatic nitrogens is 2. The molecular formula is C21H16N3O+. The molecule has 3 aromatic carbocycles. The Morgan fingerprint density at radius 1 is 0.800 bits per heavy atom. The number of carbonyl (C=O) groups is 1. The summed E-state index contributed by atoms with van der Waals surface area (Å²) in [5.41, 5.74) is 5.31. The van der Waals surface area contributed by atoms with E-state index in [-0.39, 0.29) is 5.91 Å². The lowest BCUT2D eigenvalue weighted by atomic mass is 10.1. The van der Waals surface area contributed by atoms with Gasteiger partial charge in [0.1, 0.15) is 6.20 Å². The molecule has 4 nitrogen and oxygen atoms in total. The summed E-state index contributed by atoms with van der Waals surface area (Å²) in [4.78, 5) is 14.1. The van der Waals surface area contributed by atoms with E-state index in [1.165, 1.54) is 0 Å². The minimum Gasteiger partial charge on any atom is -0.263 e. The zero-order chi connectivity index (χ0) is 17.1. The van der Waals surface area contributed by atoms with Crippen LogP contribution in [0.5, 0.6) is 0 Å². The molecular weight excluding hydrogens is 310 g/mol. The van der Waals surface area contributed by atoms with Gasteiger partial charge in [0.25, 0.3) is 5.69 Å². The van der Waals surface area contributed by atoms with Crippen LogP contribution < -0.4 is 10.2 Å². The van der Waals surface area contributed by atoms with Gasteiger partial charge in [-0.3, -0.25) is 4.79 Å². The van der Waals surface area contributed by atoms with E-state index in [1.807, 2.05) is 72.8 Å². The summed E-state index contributed by atoms with van der Waals surface area (Å²) in [5.74, 6) is -0.203. The maximum absolute atomic E-state index is 12.6. The van der Waals surface area contributed by atoms with Gasteiger partial charge in [-0.1, -0.05) is 60.0 Å². The summed E-state index contributed by atoms with van der Waals surface area (Å²) in [7, 11) is 0. The highest BCUT2D eigenvalue weighted by atomic mass is 16.2. The molecule has 0 bridgehead atoms. The average Bonchev–Trinajstić information content (AvgIpc) is 2.69. The van der Waals surface area contributed by atoms with Crippen LogP contribution in [0, 0.1) is 0 Å². The van der Waals surface area contributed by atoms with Crippen LogP contribution in [-0.2, 0) is 0 Å². The third-order valence-electron chi connectivity index (χ3n) is 4.03. The third-order valence-corrected chi connectivity index (χ3v) is 4.03. The van der Waals surface area contributed by atoms with Crippen molar-refractivity contribution in [3.63, 3.8) is 0 Å². The van der Waals surface area contributed by atoms with Gasteiger partial charge < -0.3 is 0 Å². The van der Waals surface area contributed by atoms with Crippen molar-refractivity contribution in [2.45, 2.75) is 0 Å². The van der Waals surface area contributed by atoms with Gasteiger partial charge >= 0.3 is 5.91 Å². The van der Waals surface area contributed by atoms with Gasteiger partial charge in [0.2, 0.25) is 0 Å². The molecule has 0 aliphatic carbocycles. The minimum atomic E-state index is -0.203. The first-order valence-electron chi connectivity index (χ1n) is 8.05. The highest BCUT2D eigenvalue weighted by Gasteiger charge is 2.22. The Kier molecular flexibility index (Phi) is 3.92. The summed E-state index contributed by atoms with van der Waals surface area (Å²) >= 11 is 0. The Labute approximate surface area is 145 Å². The van der Waals surface area contributed by atoms with Gasteiger partial charge in [-0.25, -0.2) is 0 Å². The van der Waals surface area contributed by atoms with Gasteiger partial charge in [0.15, 0.2) is 0 Å². The summed E-state index contributed by atoms with van der Waals surface area (Å²) in [6.45, 7) is 0. The fourth-order valence-corrected chi connectivity index (χ4v) is 2.83. The first-order chi connectivity index (χ1) is 12.3. The maximum Gasteiger partial charge on any atom is 0.307 e. The lowest BCUT2D eigenvalue weighted by Crippen LogP contribution is -2.53. The predicted octanol–water partition coefficient (Wildman–Crippen LogP) is 3.57. The maximum atomic E-state index is 12.6. The molecule has 0 atom stereocenters. The fraction of sp³-hybridized carbons (Fsp3) is 0. The molecule has 4 aromatic rings. The highest BCUT2D eigenvalue weighted by molar-refractivity contribution is 5.99. The van der Waals surface area contributed by atoms with Crippen molar-refractivity contribution in [2.24, 2.45) is 0 Å². The quantitative estimate of drug-likeness (QED) is 0.585. The summed E-state index contributed by atoms with van der Waals surface area (Å²) < 4.78 is 0. The summed E-state index contributed by atoms with van der Waals surface area (Å²) in [6.07, 6.45) is 1.76. The second-order valence-corrected chi connectivity index (χ2v) is 5.67.